The predicted octanol–water partition coefficient (Wildman–Crippen LogP) is 0.410. The highest BCUT2D eigenvalue weighted by atomic mass is 19.3. The number of aromatic nitrogens is 2. The van der Waals surface area contributed by atoms with E-state index in [-0.39, 0.29) is 12.7 Å². The van der Waals surface area contributed by atoms with Crippen LogP contribution in [-0.2, 0) is 22.3 Å². The highest BCUT2D eigenvalue weighted by Crippen LogP contribution is 2.04. The highest BCUT2D eigenvalue weighted by molar-refractivity contribution is 4.88. The van der Waals surface area contributed by atoms with Crippen molar-refractivity contribution in [2.75, 3.05) is 26.9 Å². The smallest absolute Gasteiger partial charge is 0.261 e. The summed E-state index contributed by atoms with van der Waals surface area (Å²) in [6.07, 6.45) is -1.87. The number of nitrogens with zero attached hydrogens (tertiary/aromatic N) is 2. The molecule has 2 N–H and O–H groups in total. The van der Waals surface area contributed by atoms with Crippen LogP contribution in [-0.4, -0.2) is 49.5 Å². The molecule has 0 spiro atoms. The fraction of sp³-hybridized carbons (Fsp3) is 0.800. The molecule has 1 atom stereocenters. The fourth-order valence-corrected chi connectivity index (χ4v) is 1.27. The minimum Gasteiger partial charge on any atom is -0.380 e. The summed E-state index contributed by atoms with van der Waals surface area (Å²) >= 11 is 0. The van der Waals surface area contributed by atoms with E-state index in [9.17, 15) is 8.78 Å². The van der Waals surface area contributed by atoms with Gasteiger partial charge in [-0.2, -0.15) is 4.98 Å². The summed E-state index contributed by atoms with van der Waals surface area (Å²) in [4.78, 5) is 4.08. The predicted molar refractivity (Wildman–Crippen MR) is 58.4 cm³/mol. The second-order valence-corrected chi connectivity index (χ2v) is 3.62. The first-order valence-electron chi connectivity index (χ1n) is 5.56. The van der Waals surface area contributed by atoms with Crippen molar-refractivity contribution in [1.29, 1.82) is 0 Å². The van der Waals surface area contributed by atoms with Gasteiger partial charge in [-0.3, -0.25) is 0 Å². The number of rotatable bonds is 9. The third-order valence-corrected chi connectivity index (χ3v) is 2.22. The molecule has 104 valence electrons. The third kappa shape index (κ3) is 5.48. The topological polar surface area (TPSA) is 83.4 Å². The largest absolute Gasteiger partial charge is 0.380 e. The van der Waals surface area contributed by atoms with E-state index in [4.69, 9.17) is 19.7 Å². The molecule has 8 heteroatoms. The SMILES string of the molecule is COC(CN)Cc1nc(CCOCC(F)F)no1. The lowest BCUT2D eigenvalue weighted by atomic mass is 10.2. The van der Waals surface area contributed by atoms with Crippen molar-refractivity contribution >= 4 is 0 Å². The molecular formula is C10H17F2N3O3. The Balaban J connectivity index is 2.29. The molecule has 6 nitrogen and oxygen atoms in total. The van der Waals surface area contributed by atoms with Gasteiger partial charge in [-0.1, -0.05) is 5.16 Å². The first-order chi connectivity index (χ1) is 8.65. The van der Waals surface area contributed by atoms with Crippen molar-refractivity contribution in [3.8, 4) is 0 Å². The van der Waals surface area contributed by atoms with Crippen molar-refractivity contribution in [2.24, 2.45) is 5.73 Å². The molecule has 1 unspecified atom stereocenters. The van der Waals surface area contributed by atoms with Gasteiger partial charge in [0.05, 0.1) is 19.1 Å². The third-order valence-electron chi connectivity index (χ3n) is 2.22. The number of halogens is 2. The van der Waals surface area contributed by atoms with Gasteiger partial charge in [-0.15, -0.1) is 0 Å². The van der Waals surface area contributed by atoms with Gasteiger partial charge in [0.1, 0.15) is 6.61 Å². The zero-order chi connectivity index (χ0) is 13.4. The Morgan fingerprint density at radius 3 is 2.83 bits per heavy atom. The Bertz CT molecular complexity index is 332. The Morgan fingerprint density at radius 1 is 1.44 bits per heavy atom. The molecule has 0 aromatic carbocycles. The van der Waals surface area contributed by atoms with Gasteiger partial charge in [-0.25, -0.2) is 8.78 Å². The van der Waals surface area contributed by atoms with Gasteiger partial charge in [-0.05, 0) is 0 Å². The van der Waals surface area contributed by atoms with E-state index >= 15 is 0 Å². The van der Waals surface area contributed by atoms with Crippen molar-refractivity contribution < 1.29 is 22.8 Å². The second kappa shape index (κ2) is 8.06. The van der Waals surface area contributed by atoms with Crippen LogP contribution in [0.3, 0.4) is 0 Å². The Hall–Kier alpha value is -1.12. The zero-order valence-electron chi connectivity index (χ0n) is 10.1. The monoisotopic (exact) mass is 265 g/mol. The van der Waals surface area contributed by atoms with E-state index in [1.165, 1.54) is 0 Å². The van der Waals surface area contributed by atoms with E-state index in [1.54, 1.807) is 7.11 Å². The van der Waals surface area contributed by atoms with Crippen molar-refractivity contribution in [1.82, 2.24) is 10.1 Å². The molecule has 0 fully saturated rings. The average molecular weight is 265 g/mol. The molecule has 1 aromatic heterocycles. The number of nitrogens with two attached hydrogens (primary N) is 1. The Morgan fingerprint density at radius 2 is 2.22 bits per heavy atom. The molecule has 0 saturated heterocycles. The van der Waals surface area contributed by atoms with E-state index < -0.39 is 13.0 Å². The minimum atomic E-state index is -2.46. The molecule has 0 bridgehead atoms. The molecule has 0 saturated carbocycles. The van der Waals surface area contributed by atoms with Crippen LogP contribution in [0, 0.1) is 0 Å². The number of alkyl halides is 2. The Labute approximate surface area is 103 Å². The van der Waals surface area contributed by atoms with Crippen LogP contribution in [0.15, 0.2) is 4.52 Å². The second-order valence-electron chi connectivity index (χ2n) is 3.62. The van der Waals surface area contributed by atoms with Crippen LogP contribution >= 0.6 is 0 Å². The molecule has 1 aromatic rings. The normalized spacial score (nSPS) is 13.2. The number of methoxy groups -OCH3 is 1. The summed E-state index contributed by atoms with van der Waals surface area (Å²) in [5.41, 5.74) is 5.46. The summed E-state index contributed by atoms with van der Waals surface area (Å²) in [6.45, 7) is -0.0940. The fourth-order valence-electron chi connectivity index (χ4n) is 1.27. The molecule has 1 rings (SSSR count). The van der Waals surface area contributed by atoms with Crippen LogP contribution < -0.4 is 5.73 Å². The first kappa shape index (κ1) is 14.9. The lowest BCUT2D eigenvalue weighted by Crippen LogP contribution is -2.24. The van der Waals surface area contributed by atoms with E-state index in [1.807, 2.05) is 0 Å². The summed E-state index contributed by atoms with van der Waals surface area (Å²) in [5.74, 6) is 0.835. The van der Waals surface area contributed by atoms with Gasteiger partial charge >= 0.3 is 0 Å². The first-order valence-corrected chi connectivity index (χ1v) is 5.56. The number of hydrogen-bond donors (Lipinski definition) is 1. The number of ether oxygens (including phenoxy) is 2. The molecule has 0 aliphatic carbocycles. The van der Waals surface area contributed by atoms with Gasteiger partial charge in [0.2, 0.25) is 5.89 Å². The molecule has 18 heavy (non-hydrogen) atoms. The maximum Gasteiger partial charge on any atom is 0.261 e. The maximum atomic E-state index is 11.8. The van der Waals surface area contributed by atoms with Crippen LogP contribution in [0.1, 0.15) is 11.7 Å². The van der Waals surface area contributed by atoms with Crippen molar-refractivity contribution in [2.45, 2.75) is 25.4 Å². The molecule has 0 amide bonds. The maximum absolute atomic E-state index is 11.8. The minimum absolute atomic E-state index is 0.133. The lowest BCUT2D eigenvalue weighted by molar-refractivity contribution is 0.0182. The summed E-state index contributed by atoms with van der Waals surface area (Å²) in [6, 6.07) is 0. The Kier molecular flexibility index (Phi) is 6.69. The molecule has 1 heterocycles. The van der Waals surface area contributed by atoms with Gasteiger partial charge in [0, 0.05) is 20.1 Å². The van der Waals surface area contributed by atoms with Crippen LogP contribution in [0.5, 0.6) is 0 Å². The molecule has 0 radical (unpaired) electrons. The quantitative estimate of drug-likeness (QED) is 0.651. The zero-order valence-corrected chi connectivity index (χ0v) is 10.1. The highest BCUT2D eigenvalue weighted by Gasteiger charge is 2.12. The molecule has 0 aliphatic rings. The van der Waals surface area contributed by atoms with Gasteiger partial charge < -0.3 is 19.7 Å². The van der Waals surface area contributed by atoms with Crippen molar-refractivity contribution in [3.05, 3.63) is 11.7 Å². The van der Waals surface area contributed by atoms with E-state index in [2.05, 4.69) is 10.1 Å². The van der Waals surface area contributed by atoms with Gasteiger partial charge in [0.25, 0.3) is 6.43 Å². The van der Waals surface area contributed by atoms with Gasteiger partial charge in [0.15, 0.2) is 5.82 Å². The molecule has 0 aliphatic heterocycles. The average Bonchev–Trinajstić information content (AvgIpc) is 2.79. The van der Waals surface area contributed by atoms with Crippen molar-refractivity contribution in [3.63, 3.8) is 0 Å². The van der Waals surface area contributed by atoms with E-state index in [0.29, 0.717) is 31.1 Å². The van der Waals surface area contributed by atoms with E-state index in [0.717, 1.165) is 0 Å². The standard InChI is InChI=1S/C10H17F2N3O3/c1-16-7(5-13)4-10-14-9(15-18-10)2-3-17-6-8(11)12/h7-8H,2-6,13H2,1H3. The van der Waals surface area contributed by atoms with Crippen LogP contribution in [0.25, 0.3) is 0 Å². The number of hydrogen-bond acceptors (Lipinski definition) is 6. The molecular weight excluding hydrogens is 248 g/mol. The van der Waals surface area contributed by atoms with Crippen LogP contribution in [0.2, 0.25) is 0 Å². The summed E-state index contributed by atoms with van der Waals surface area (Å²) in [7, 11) is 1.55. The summed E-state index contributed by atoms with van der Waals surface area (Å²) in [5, 5.41) is 3.70. The van der Waals surface area contributed by atoms with Crippen LogP contribution in [0.4, 0.5) is 8.78 Å². The summed E-state index contributed by atoms with van der Waals surface area (Å²) < 4.78 is 38.3. The lowest BCUT2D eigenvalue weighted by Gasteiger charge is -2.08.